The van der Waals surface area contributed by atoms with Crippen LogP contribution in [0.4, 0.5) is 0 Å². The second-order valence-corrected chi connectivity index (χ2v) is 6.41. The van der Waals surface area contributed by atoms with Crippen molar-refractivity contribution in [3.63, 3.8) is 0 Å². The molecule has 1 heterocycles. The summed E-state index contributed by atoms with van der Waals surface area (Å²) < 4.78 is 26.8. The topological polar surface area (TPSA) is 95.5 Å². The number of carbonyl (C=O) groups is 1. The molecule has 1 saturated heterocycles. The van der Waals surface area contributed by atoms with Gasteiger partial charge in [-0.15, -0.1) is 0 Å². The molecule has 0 saturated carbocycles. The zero-order valence-corrected chi connectivity index (χ0v) is 12.1. The first kappa shape index (κ1) is 15.5. The van der Waals surface area contributed by atoms with Crippen molar-refractivity contribution in [2.75, 3.05) is 13.2 Å². The molecular weight excluding hydrogens is 292 g/mol. The van der Waals surface area contributed by atoms with E-state index in [4.69, 9.17) is 5.11 Å². The van der Waals surface area contributed by atoms with Crippen LogP contribution in [0.1, 0.15) is 18.4 Å². The van der Waals surface area contributed by atoms with Gasteiger partial charge in [0.15, 0.2) is 0 Å². The molecule has 6 nitrogen and oxygen atoms in total. The van der Waals surface area contributed by atoms with Gasteiger partial charge in [-0.3, -0.25) is 4.79 Å². The minimum absolute atomic E-state index is 0.0551. The predicted octanol–water partition coefficient (Wildman–Crippen LogP) is -0.413. The molecule has 0 aromatic heterocycles. The van der Waals surface area contributed by atoms with Gasteiger partial charge in [0, 0.05) is 24.6 Å². The van der Waals surface area contributed by atoms with Crippen LogP contribution in [0.5, 0.6) is 0 Å². The lowest BCUT2D eigenvalue weighted by Gasteiger charge is -2.12. The summed E-state index contributed by atoms with van der Waals surface area (Å²) in [5, 5.41) is 11.3. The molecule has 1 atom stereocenters. The van der Waals surface area contributed by atoms with Crippen molar-refractivity contribution in [3.8, 4) is 11.8 Å². The van der Waals surface area contributed by atoms with Gasteiger partial charge < -0.3 is 10.4 Å². The first-order valence-electron chi connectivity index (χ1n) is 6.50. The Hall–Kier alpha value is -1.88. The Morgan fingerprint density at radius 2 is 2.24 bits per heavy atom. The summed E-state index contributed by atoms with van der Waals surface area (Å²) in [6.07, 6.45) is 1.06. The quantitative estimate of drug-likeness (QED) is 0.659. The van der Waals surface area contributed by atoms with Crippen LogP contribution >= 0.6 is 0 Å². The largest absolute Gasteiger partial charge is 0.384 e. The number of aliphatic hydroxyl groups excluding tert-OH is 1. The SMILES string of the molecule is O=C1CCC(CNS(=O)(=O)c2cccc(C#CCO)c2)N1. The fourth-order valence-corrected chi connectivity index (χ4v) is 3.13. The molecule has 7 heteroatoms. The molecule has 3 N–H and O–H groups in total. The van der Waals surface area contributed by atoms with E-state index in [2.05, 4.69) is 21.9 Å². The Bertz CT molecular complexity index is 688. The summed E-state index contributed by atoms with van der Waals surface area (Å²) in [5.74, 6) is 5.07. The van der Waals surface area contributed by atoms with E-state index >= 15 is 0 Å². The maximum atomic E-state index is 12.2. The monoisotopic (exact) mass is 308 g/mol. The van der Waals surface area contributed by atoms with Gasteiger partial charge in [0.25, 0.3) is 0 Å². The highest BCUT2D eigenvalue weighted by molar-refractivity contribution is 7.89. The van der Waals surface area contributed by atoms with Gasteiger partial charge in [-0.2, -0.15) is 0 Å². The second kappa shape index (κ2) is 6.72. The number of hydrogen-bond donors (Lipinski definition) is 3. The standard InChI is InChI=1S/C14H16N2O4S/c17-8-2-4-11-3-1-5-13(9-11)21(19,20)15-10-12-6-7-14(18)16-12/h1,3,5,9,12,15,17H,6-8,10H2,(H,16,18). The van der Waals surface area contributed by atoms with Gasteiger partial charge in [-0.25, -0.2) is 13.1 Å². The maximum Gasteiger partial charge on any atom is 0.240 e. The van der Waals surface area contributed by atoms with Crippen molar-refractivity contribution in [3.05, 3.63) is 29.8 Å². The number of aliphatic hydroxyl groups is 1. The number of amides is 1. The molecule has 1 amide bonds. The third-order valence-corrected chi connectivity index (χ3v) is 4.48. The lowest BCUT2D eigenvalue weighted by Crippen LogP contribution is -2.38. The number of carbonyl (C=O) groups excluding carboxylic acids is 1. The lowest BCUT2D eigenvalue weighted by molar-refractivity contribution is -0.119. The zero-order valence-electron chi connectivity index (χ0n) is 11.3. The Morgan fingerprint density at radius 1 is 1.43 bits per heavy atom. The van der Waals surface area contributed by atoms with Crippen LogP contribution in [0, 0.1) is 11.8 Å². The number of nitrogens with one attached hydrogen (secondary N) is 2. The van der Waals surface area contributed by atoms with Crippen LogP contribution in [0.2, 0.25) is 0 Å². The van der Waals surface area contributed by atoms with Gasteiger partial charge in [-0.05, 0) is 24.6 Å². The van der Waals surface area contributed by atoms with Crippen molar-refractivity contribution < 1.29 is 18.3 Å². The highest BCUT2D eigenvalue weighted by Gasteiger charge is 2.23. The molecule has 1 aliphatic heterocycles. The Labute approximate surface area is 123 Å². The summed E-state index contributed by atoms with van der Waals surface area (Å²) in [6.45, 7) is -0.114. The molecule has 2 rings (SSSR count). The van der Waals surface area contributed by atoms with E-state index in [1.54, 1.807) is 12.1 Å². The minimum atomic E-state index is -3.64. The molecule has 112 valence electrons. The smallest absolute Gasteiger partial charge is 0.240 e. The summed E-state index contributed by atoms with van der Waals surface area (Å²) in [4.78, 5) is 11.2. The van der Waals surface area contributed by atoms with Crippen molar-refractivity contribution in [1.82, 2.24) is 10.0 Å². The zero-order chi connectivity index (χ0) is 15.3. The van der Waals surface area contributed by atoms with Gasteiger partial charge >= 0.3 is 0 Å². The normalized spacial score (nSPS) is 18.0. The Balaban J connectivity index is 2.06. The van der Waals surface area contributed by atoms with E-state index < -0.39 is 10.0 Å². The van der Waals surface area contributed by atoms with Crippen molar-refractivity contribution in [1.29, 1.82) is 0 Å². The fraction of sp³-hybridized carbons (Fsp3) is 0.357. The summed E-state index contributed by atoms with van der Waals surface area (Å²) in [6, 6.07) is 6.01. The molecular formula is C14H16N2O4S. The van der Waals surface area contributed by atoms with Gasteiger partial charge in [0.05, 0.1) is 4.90 Å². The van der Waals surface area contributed by atoms with Gasteiger partial charge in [0.2, 0.25) is 15.9 Å². The van der Waals surface area contributed by atoms with Crippen LogP contribution in [0.3, 0.4) is 0 Å². The average Bonchev–Trinajstić information content (AvgIpc) is 2.89. The van der Waals surface area contributed by atoms with Crippen LogP contribution < -0.4 is 10.0 Å². The van der Waals surface area contributed by atoms with Crippen molar-refractivity contribution in [2.45, 2.75) is 23.8 Å². The summed E-state index contributed by atoms with van der Waals surface area (Å²) >= 11 is 0. The van der Waals surface area contributed by atoms with Crippen molar-refractivity contribution >= 4 is 15.9 Å². The molecule has 1 aliphatic rings. The summed E-state index contributed by atoms with van der Waals surface area (Å²) in [5.41, 5.74) is 0.515. The van der Waals surface area contributed by atoms with Crippen LogP contribution in [-0.4, -0.2) is 38.6 Å². The average molecular weight is 308 g/mol. The van der Waals surface area contributed by atoms with E-state index in [9.17, 15) is 13.2 Å². The third kappa shape index (κ3) is 4.29. The lowest BCUT2D eigenvalue weighted by atomic mass is 10.2. The maximum absolute atomic E-state index is 12.2. The Kier molecular flexibility index (Phi) is 4.96. The molecule has 0 bridgehead atoms. The van der Waals surface area contributed by atoms with Crippen LogP contribution in [0.15, 0.2) is 29.2 Å². The first-order valence-corrected chi connectivity index (χ1v) is 7.98. The van der Waals surface area contributed by atoms with Crippen LogP contribution in [-0.2, 0) is 14.8 Å². The fourth-order valence-electron chi connectivity index (χ4n) is 2.01. The molecule has 0 spiro atoms. The van der Waals surface area contributed by atoms with E-state index in [-0.39, 0.29) is 30.0 Å². The molecule has 1 aromatic rings. The van der Waals surface area contributed by atoms with E-state index in [1.165, 1.54) is 12.1 Å². The number of sulfonamides is 1. The van der Waals surface area contributed by atoms with Gasteiger partial charge in [0.1, 0.15) is 6.61 Å². The van der Waals surface area contributed by atoms with E-state index in [0.717, 1.165) is 0 Å². The van der Waals surface area contributed by atoms with Crippen molar-refractivity contribution in [2.24, 2.45) is 0 Å². The molecule has 1 unspecified atom stereocenters. The Morgan fingerprint density at radius 3 is 2.90 bits per heavy atom. The molecule has 1 fully saturated rings. The number of hydrogen-bond acceptors (Lipinski definition) is 4. The van der Waals surface area contributed by atoms with E-state index in [0.29, 0.717) is 18.4 Å². The molecule has 21 heavy (non-hydrogen) atoms. The second-order valence-electron chi connectivity index (χ2n) is 4.64. The predicted molar refractivity (Wildman–Crippen MR) is 76.8 cm³/mol. The third-order valence-electron chi connectivity index (χ3n) is 3.06. The number of benzene rings is 1. The van der Waals surface area contributed by atoms with Gasteiger partial charge in [-0.1, -0.05) is 17.9 Å². The molecule has 1 aromatic carbocycles. The minimum Gasteiger partial charge on any atom is -0.384 e. The number of rotatable bonds is 4. The molecule has 0 radical (unpaired) electrons. The van der Waals surface area contributed by atoms with E-state index in [1.807, 2.05) is 0 Å². The highest BCUT2D eigenvalue weighted by Crippen LogP contribution is 2.12. The van der Waals surface area contributed by atoms with Crippen LogP contribution in [0.25, 0.3) is 0 Å². The highest BCUT2D eigenvalue weighted by atomic mass is 32.2. The summed E-state index contributed by atoms with van der Waals surface area (Å²) in [7, 11) is -3.64. The molecule has 0 aliphatic carbocycles. The first-order chi connectivity index (χ1) is 10.0.